The van der Waals surface area contributed by atoms with Gasteiger partial charge in [0.2, 0.25) is 0 Å². The number of benzene rings is 9. The standard InChI is InChI=1S/C59H46N2/c1-43-15-11-12-22-55(43)49-31-39-53(40-32-49)60(51-33-25-45(26-34-51)44-16-5-2-6-17-44)52-35-27-46(28-36-52)47-29-37-54(38-30-47)61(50-20-9-4-10-21-50)59-42-41-56(48-18-7-3-8-19-48)57-23-13-14-24-58(57)59/h2-43,55H,1H3. The van der Waals surface area contributed by atoms with Crippen LogP contribution in [-0.4, -0.2) is 0 Å². The minimum Gasteiger partial charge on any atom is -0.311 e. The Morgan fingerprint density at radius 1 is 0.311 bits per heavy atom. The number of hydrogen-bond donors (Lipinski definition) is 0. The van der Waals surface area contributed by atoms with Gasteiger partial charge in [0.1, 0.15) is 0 Å². The molecule has 9 aromatic carbocycles. The molecule has 292 valence electrons. The molecule has 61 heavy (non-hydrogen) atoms. The molecule has 0 bridgehead atoms. The molecule has 0 radical (unpaired) electrons. The van der Waals surface area contributed by atoms with E-state index < -0.39 is 0 Å². The maximum Gasteiger partial charge on any atom is 0.0540 e. The van der Waals surface area contributed by atoms with E-state index in [9.17, 15) is 0 Å². The Balaban J connectivity index is 0.980. The predicted octanol–water partition coefficient (Wildman–Crippen LogP) is 16.6. The molecule has 10 rings (SSSR count). The maximum absolute atomic E-state index is 2.37. The van der Waals surface area contributed by atoms with Crippen molar-refractivity contribution in [2.75, 3.05) is 9.80 Å². The third kappa shape index (κ3) is 7.68. The molecule has 2 nitrogen and oxygen atoms in total. The minimum absolute atomic E-state index is 0.377. The number of nitrogens with zero attached hydrogens (tertiary/aromatic N) is 2. The largest absolute Gasteiger partial charge is 0.311 e. The Morgan fingerprint density at radius 2 is 0.721 bits per heavy atom. The molecular weight excluding hydrogens is 737 g/mol. The summed E-state index contributed by atoms with van der Waals surface area (Å²) in [4.78, 5) is 4.73. The van der Waals surface area contributed by atoms with Gasteiger partial charge in [0.25, 0.3) is 0 Å². The van der Waals surface area contributed by atoms with E-state index in [1.54, 1.807) is 0 Å². The van der Waals surface area contributed by atoms with Crippen LogP contribution < -0.4 is 9.80 Å². The summed E-state index contributed by atoms with van der Waals surface area (Å²) in [6.45, 7) is 2.29. The lowest BCUT2D eigenvalue weighted by Crippen LogP contribution is -2.11. The summed E-state index contributed by atoms with van der Waals surface area (Å²) in [6, 6.07) is 81.2. The van der Waals surface area contributed by atoms with Crippen LogP contribution in [0.4, 0.5) is 34.1 Å². The fourth-order valence-corrected chi connectivity index (χ4v) is 8.82. The number of hydrogen-bond acceptors (Lipinski definition) is 2. The molecule has 2 unspecified atom stereocenters. The molecule has 0 heterocycles. The maximum atomic E-state index is 2.37. The molecule has 9 aromatic rings. The zero-order valence-electron chi connectivity index (χ0n) is 34.2. The van der Waals surface area contributed by atoms with Crippen molar-refractivity contribution in [2.24, 2.45) is 5.92 Å². The predicted molar refractivity (Wildman–Crippen MR) is 260 cm³/mol. The average Bonchev–Trinajstić information content (AvgIpc) is 3.34. The van der Waals surface area contributed by atoms with Crippen LogP contribution in [0.1, 0.15) is 18.4 Å². The average molecular weight is 783 g/mol. The Kier molecular flexibility index (Phi) is 10.4. The molecule has 0 fully saturated rings. The first-order valence-electron chi connectivity index (χ1n) is 21.2. The summed E-state index contributed by atoms with van der Waals surface area (Å²) in [5.41, 5.74) is 15.2. The van der Waals surface area contributed by atoms with Crippen molar-refractivity contribution < 1.29 is 0 Å². The Morgan fingerprint density at radius 3 is 1.26 bits per heavy atom. The van der Waals surface area contributed by atoms with Crippen LogP contribution in [0, 0.1) is 5.92 Å². The summed E-state index contributed by atoms with van der Waals surface area (Å²) in [6.07, 6.45) is 8.93. The van der Waals surface area contributed by atoms with E-state index in [4.69, 9.17) is 0 Å². The molecule has 2 heteroatoms. The van der Waals surface area contributed by atoms with E-state index in [1.807, 2.05) is 0 Å². The van der Waals surface area contributed by atoms with Gasteiger partial charge >= 0.3 is 0 Å². The summed E-state index contributed by atoms with van der Waals surface area (Å²) in [7, 11) is 0. The minimum atomic E-state index is 0.377. The molecular formula is C59H46N2. The van der Waals surface area contributed by atoms with Crippen molar-refractivity contribution in [3.05, 3.63) is 254 Å². The van der Waals surface area contributed by atoms with Gasteiger partial charge < -0.3 is 9.80 Å². The van der Waals surface area contributed by atoms with Crippen LogP contribution in [0.3, 0.4) is 0 Å². The number of fused-ring (bicyclic) bond motifs is 1. The summed E-state index contributed by atoms with van der Waals surface area (Å²) < 4.78 is 0. The van der Waals surface area contributed by atoms with Gasteiger partial charge in [-0.05, 0) is 117 Å². The van der Waals surface area contributed by atoms with Crippen molar-refractivity contribution in [2.45, 2.75) is 12.8 Å². The first-order valence-corrected chi connectivity index (χ1v) is 21.2. The zero-order valence-corrected chi connectivity index (χ0v) is 34.2. The number of para-hydroxylation sites is 1. The van der Waals surface area contributed by atoms with Crippen molar-refractivity contribution in [3.63, 3.8) is 0 Å². The quantitative estimate of drug-likeness (QED) is 0.136. The lowest BCUT2D eigenvalue weighted by atomic mass is 9.84. The molecule has 0 aromatic heterocycles. The van der Waals surface area contributed by atoms with Crippen LogP contribution in [0.5, 0.6) is 0 Å². The van der Waals surface area contributed by atoms with Crippen molar-refractivity contribution >= 4 is 44.9 Å². The van der Waals surface area contributed by atoms with Crippen LogP contribution in [-0.2, 0) is 0 Å². The molecule has 0 aliphatic heterocycles. The molecule has 1 aliphatic carbocycles. The fourth-order valence-electron chi connectivity index (χ4n) is 8.82. The molecule has 1 aliphatic rings. The van der Waals surface area contributed by atoms with Gasteiger partial charge in [0.15, 0.2) is 0 Å². The number of rotatable bonds is 10. The summed E-state index contributed by atoms with van der Waals surface area (Å²) in [5.74, 6) is 0.842. The van der Waals surface area contributed by atoms with Crippen LogP contribution >= 0.6 is 0 Å². The Hall–Kier alpha value is -7.68. The zero-order chi connectivity index (χ0) is 41.0. The first-order chi connectivity index (χ1) is 30.2. The summed E-state index contributed by atoms with van der Waals surface area (Å²) in [5, 5.41) is 2.44. The summed E-state index contributed by atoms with van der Waals surface area (Å²) >= 11 is 0. The lowest BCUT2D eigenvalue weighted by molar-refractivity contribution is 0.635. The molecule has 0 N–H and O–H groups in total. The highest BCUT2D eigenvalue weighted by atomic mass is 15.1. The van der Waals surface area contributed by atoms with Gasteiger partial charge in [-0.1, -0.05) is 189 Å². The Labute approximate surface area is 359 Å². The molecule has 0 saturated heterocycles. The molecule has 0 saturated carbocycles. The van der Waals surface area contributed by atoms with Gasteiger partial charge in [0.05, 0.1) is 5.69 Å². The second-order valence-electron chi connectivity index (χ2n) is 15.8. The molecule has 0 amide bonds. The van der Waals surface area contributed by atoms with E-state index in [0.717, 1.165) is 34.1 Å². The lowest BCUT2D eigenvalue weighted by Gasteiger charge is -2.28. The molecule has 2 atom stereocenters. The topological polar surface area (TPSA) is 6.48 Å². The SMILES string of the molecule is CC1C=CC=CC1c1ccc(N(c2ccc(-c3ccccc3)cc2)c2ccc(-c3ccc(N(c4ccccc4)c4ccc(-c5ccccc5)c5ccccc45)cc3)cc2)cc1. The van der Waals surface area contributed by atoms with Crippen LogP contribution in [0.2, 0.25) is 0 Å². The van der Waals surface area contributed by atoms with Gasteiger partial charge in [-0.3, -0.25) is 0 Å². The van der Waals surface area contributed by atoms with Crippen molar-refractivity contribution in [3.8, 4) is 33.4 Å². The third-order valence-corrected chi connectivity index (χ3v) is 12.0. The van der Waals surface area contributed by atoms with E-state index in [-0.39, 0.29) is 0 Å². The Bertz CT molecular complexity index is 2930. The monoisotopic (exact) mass is 782 g/mol. The van der Waals surface area contributed by atoms with Gasteiger partial charge in [0, 0.05) is 39.7 Å². The first kappa shape index (κ1) is 37.6. The smallest absolute Gasteiger partial charge is 0.0540 e. The highest BCUT2D eigenvalue weighted by Crippen LogP contribution is 2.43. The second-order valence-corrected chi connectivity index (χ2v) is 15.8. The highest BCUT2D eigenvalue weighted by Gasteiger charge is 2.20. The normalized spacial score (nSPS) is 14.5. The number of allylic oxidation sites excluding steroid dienone is 4. The van der Waals surface area contributed by atoms with E-state index in [1.165, 1.54) is 49.7 Å². The van der Waals surface area contributed by atoms with Crippen molar-refractivity contribution in [1.82, 2.24) is 0 Å². The van der Waals surface area contributed by atoms with Crippen LogP contribution in [0.15, 0.2) is 249 Å². The second kappa shape index (κ2) is 16.9. The highest BCUT2D eigenvalue weighted by molar-refractivity contribution is 6.06. The van der Waals surface area contributed by atoms with E-state index in [2.05, 4.69) is 265 Å². The van der Waals surface area contributed by atoms with Gasteiger partial charge in [-0.2, -0.15) is 0 Å². The van der Waals surface area contributed by atoms with Crippen molar-refractivity contribution in [1.29, 1.82) is 0 Å². The molecule has 0 spiro atoms. The van der Waals surface area contributed by atoms with Gasteiger partial charge in [-0.25, -0.2) is 0 Å². The third-order valence-electron chi connectivity index (χ3n) is 12.0. The fraction of sp³-hybridized carbons (Fsp3) is 0.0508. The van der Waals surface area contributed by atoms with Gasteiger partial charge in [-0.15, -0.1) is 0 Å². The number of anilines is 6. The van der Waals surface area contributed by atoms with Crippen LogP contribution in [0.25, 0.3) is 44.2 Å². The van der Waals surface area contributed by atoms with E-state index in [0.29, 0.717) is 11.8 Å². The van der Waals surface area contributed by atoms with E-state index >= 15 is 0 Å².